The molecule has 1 atom stereocenters. The van der Waals surface area contributed by atoms with Crippen LogP contribution in [-0.4, -0.2) is 42.1 Å². The quantitative estimate of drug-likeness (QED) is 0.795. The molecule has 19 heavy (non-hydrogen) atoms. The fraction of sp³-hybridized carbons (Fsp3) is 0.643. The molecule has 3 nitrogen and oxygen atoms in total. The SMILES string of the molecule is CCC(C)N1CCN(c2ccc(Cl)c(CCl)n2)CC1. The molecule has 0 amide bonds. The molecule has 0 aliphatic carbocycles. The van der Waals surface area contributed by atoms with E-state index in [-0.39, 0.29) is 0 Å². The maximum absolute atomic E-state index is 6.05. The van der Waals surface area contributed by atoms with Gasteiger partial charge in [-0.3, -0.25) is 4.90 Å². The zero-order chi connectivity index (χ0) is 13.8. The maximum Gasteiger partial charge on any atom is 0.129 e. The lowest BCUT2D eigenvalue weighted by Crippen LogP contribution is -2.49. The van der Waals surface area contributed by atoms with Gasteiger partial charge in [-0.05, 0) is 25.5 Å². The molecule has 1 aliphatic heterocycles. The lowest BCUT2D eigenvalue weighted by Gasteiger charge is -2.38. The second-order valence-corrected chi connectivity index (χ2v) is 5.69. The van der Waals surface area contributed by atoms with Crippen LogP contribution in [0.3, 0.4) is 0 Å². The molecule has 0 saturated carbocycles. The van der Waals surface area contributed by atoms with Gasteiger partial charge in [0.15, 0.2) is 0 Å². The number of piperazine rings is 1. The third kappa shape index (κ3) is 3.53. The number of alkyl halides is 1. The average Bonchev–Trinajstić information content (AvgIpc) is 2.47. The van der Waals surface area contributed by atoms with Crippen molar-refractivity contribution in [2.45, 2.75) is 32.2 Å². The molecule has 0 bridgehead atoms. The molecule has 1 unspecified atom stereocenters. The Morgan fingerprint density at radius 3 is 2.53 bits per heavy atom. The Bertz CT molecular complexity index is 417. The zero-order valence-electron chi connectivity index (χ0n) is 11.6. The molecule has 5 heteroatoms. The molecule has 1 saturated heterocycles. The fourth-order valence-electron chi connectivity index (χ4n) is 2.39. The van der Waals surface area contributed by atoms with Gasteiger partial charge in [0.1, 0.15) is 5.82 Å². The predicted octanol–water partition coefficient (Wildman–Crippen LogP) is 3.39. The highest BCUT2D eigenvalue weighted by Crippen LogP contribution is 2.22. The van der Waals surface area contributed by atoms with E-state index in [2.05, 4.69) is 28.6 Å². The number of rotatable bonds is 4. The number of hydrogen-bond acceptors (Lipinski definition) is 3. The Balaban J connectivity index is 2.01. The summed E-state index contributed by atoms with van der Waals surface area (Å²) in [6.07, 6.45) is 1.20. The summed E-state index contributed by atoms with van der Waals surface area (Å²) in [7, 11) is 0. The Labute approximate surface area is 125 Å². The highest BCUT2D eigenvalue weighted by molar-refractivity contribution is 6.32. The maximum atomic E-state index is 6.05. The van der Waals surface area contributed by atoms with Crippen molar-refractivity contribution in [3.63, 3.8) is 0 Å². The highest BCUT2D eigenvalue weighted by atomic mass is 35.5. The zero-order valence-corrected chi connectivity index (χ0v) is 13.1. The molecule has 2 rings (SSSR count). The van der Waals surface area contributed by atoms with E-state index in [9.17, 15) is 0 Å². The molecule has 0 radical (unpaired) electrons. The number of aromatic nitrogens is 1. The average molecular weight is 302 g/mol. The summed E-state index contributed by atoms with van der Waals surface area (Å²) in [5.74, 6) is 1.35. The summed E-state index contributed by atoms with van der Waals surface area (Å²) >= 11 is 11.9. The third-order valence-corrected chi connectivity index (χ3v) is 4.48. The van der Waals surface area contributed by atoms with Gasteiger partial charge in [-0.15, -0.1) is 11.6 Å². The molecular formula is C14H21Cl2N3. The Hall–Kier alpha value is -0.510. The summed E-state index contributed by atoms with van der Waals surface area (Å²) in [6.45, 7) is 8.75. The molecule has 0 aromatic carbocycles. The Kier molecular flexibility index (Phi) is 5.31. The largest absolute Gasteiger partial charge is 0.354 e. The van der Waals surface area contributed by atoms with Gasteiger partial charge in [-0.1, -0.05) is 18.5 Å². The van der Waals surface area contributed by atoms with Gasteiger partial charge >= 0.3 is 0 Å². The fourth-order valence-corrected chi connectivity index (χ4v) is 2.84. The lowest BCUT2D eigenvalue weighted by molar-refractivity contribution is 0.192. The predicted molar refractivity (Wildman–Crippen MR) is 82.3 cm³/mol. The number of hydrogen-bond donors (Lipinski definition) is 0. The van der Waals surface area contributed by atoms with Crippen LogP contribution in [0.15, 0.2) is 12.1 Å². The summed E-state index contributed by atoms with van der Waals surface area (Å²) in [4.78, 5) is 9.40. The van der Waals surface area contributed by atoms with Crippen LogP contribution in [0.4, 0.5) is 5.82 Å². The van der Waals surface area contributed by atoms with Crippen LogP contribution in [0.2, 0.25) is 5.02 Å². The van der Waals surface area contributed by atoms with Crippen molar-refractivity contribution >= 4 is 29.0 Å². The van der Waals surface area contributed by atoms with Crippen LogP contribution >= 0.6 is 23.2 Å². The second-order valence-electron chi connectivity index (χ2n) is 5.01. The van der Waals surface area contributed by atoms with Crippen molar-refractivity contribution in [1.29, 1.82) is 0 Å². The topological polar surface area (TPSA) is 19.4 Å². The molecule has 1 aliphatic rings. The minimum Gasteiger partial charge on any atom is -0.354 e. The van der Waals surface area contributed by atoms with E-state index < -0.39 is 0 Å². The van der Waals surface area contributed by atoms with Crippen LogP contribution < -0.4 is 4.90 Å². The smallest absolute Gasteiger partial charge is 0.129 e. The van der Waals surface area contributed by atoms with E-state index in [4.69, 9.17) is 23.2 Å². The van der Waals surface area contributed by atoms with E-state index in [1.54, 1.807) is 0 Å². The van der Waals surface area contributed by atoms with Gasteiger partial charge in [0.2, 0.25) is 0 Å². The molecule has 0 N–H and O–H groups in total. The van der Waals surface area contributed by atoms with Crippen molar-refractivity contribution < 1.29 is 0 Å². The van der Waals surface area contributed by atoms with Crippen molar-refractivity contribution in [2.24, 2.45) is 0 Å². The minimum absolute atomic E-state index is 0.361. The van der Waals surface area contributed by atoms with Gasteiger partial charge in [0.05, 0.1) is 16.6 Å². The van der Waals surface area contributed by atoms with Crippen molar-refractivity contribution in [2.75, 3.05) is 31.1 Å². The van der Waals surface area contributed by atoms with Crippen molar-refractivity contribution in [1.82, 2.24) is 9.88 Å². The first kappa shape index (κ1) is 14.9. The molecule has 1 aromatic heterocycles. The third-order valence-electron chi connectivity index (χ3n) is 3.88. The number of halogens is 2. The first-order valence-electron chi connectivity index (χ1n) is 6.86. The molecule has 0 spiro atoms. The van der Waals surface area contributed by atoms with Crippen LogP contribution in [0.25, 0.3) is 0 Å². The van der Waals surface area contributed by atoms with Crippen LogP contribution in [0.1, 0.15) is 26.0 Å². The van der Waals surface area contributed by atoms with Crippen LogP contribution in [-0.2, 0) is 5.88 Å². The van der Waals surface area contributed by atoms with E-state index in [1.165, 1.54) is 6.42 Å². The van der Waals surface area contributed by atoms with E-state index in [0.29, 0.717) is 16.9 Å². The molecule has 106 valence electrons. The number of pyridine rings is 1. The van der Waals surface area contributed by atoms with Crippen LogP contribution in [0.5, 0.6) is 0 Å². The standard InChI is InChI=1S/C14H21Cl2N3/c1-3-11(2)18-6-8-19(9-7-18)14-5-4-12(16)13(10-15)17-14/h4-5,11H,3,6-10H2,1-2H3. The summed E-state index contributed by atoms with van der Waals surface area (Å²) < 4.78 is 0. The van der Waals surface area contributed by atoms with E-state index in [1.807, 2.05) is 12.1 Å². The normalized spacial score (nSPS) is 18.6. The van der Waals surface area contributed by atoms with Crippen LogP contribution in [0, 0.1) is 0 Å². The van der Waals surface area contributed by atoms with E-state index in [0.717, 1.165) is 37.7 Å². The number of nitrogens with zero attached hydrogens (tertiary/aromatic N) is 3. The van der Waals surface area contributed by atoms with Gasteiger partial charge in [-0.25, -0.2) is 4.98 Å². The highest BCUT2D eigenvalue weighted by Gasteiger charge is 2.21. The first-order chi connectivity index (χ1) is 9.15. The van der Waals surface area contributed by atoms with Gasteiger partial charge in [-0.2, -0.15) is 0 Å². The monoisotopic (exact) mass is 301 g/mol. The van der Waals surface area contributed by atoms with Crippen molar-refractivity contribution in [3.8, 4) is 0 Å². The second kappa shape index (κ2) is 6.78. The van der Waals surface area contributed by atoms with Gasteiger partial charge < -0.3 is 4.90 Å². The Morgan fingerprint density at radius 2 is 1.95 bits per heavy atom. The Morgan fingerprint density at radius 1 is 1.26 bits per heavy atom. The summed E-state index contributed by atoms with van der Waals surface area (Å²) in [5, 5.41) is 0.650. The summed E-state index contributed by atoms with van der Waals surface area (Å²) in [6, 6.07) is 4.54. The summed E-state index contributed by atoms with van der Waals surface area (Å²) in [5.41, 5.74) is 0.769. The van der Waals surface area contributed by atoms with Gasteiger partial charge in [0, 0.05) is 32.2 Å². The molecule has 1 fully saturated rings. The van der Waals surface area contributed by atoms with Gasteiger partial charge in [0.25, 0.3) is 0 Å². The first-order valence-corrected chi connectivity index (χ1v) is 7.77. The van der Waals surface area contributed by atoms with Crippen molar-refractivity contribution in [3.05, 3.63) is 22.8 Å². The molecule has 1 aromatic rings. The molecule has 2 heterocycles. The van der Waals surface area contributed by atoms with E-state index >= 15 is 0 Å². The lowest BCUT2D eigenvalue weighted by atomic mass is 10.2. The minimum atomic E-state index is 0.361. The molecular weight excluding hydrogens is 281 g/mol. The number of anilines is 1.